The molecule has 2 aliphatic heterocycles. The summed E-state index contributed by atoms with van der Waals surface area (Å²) in [4.78, 5) is 14.7. The van der Waals surface area contributed by atoms with E-state index in [4.69, 9.17) is 4.74 Å². The minimum atomic E-state index is -0.129. The molecule has 2 fully saturated rings. The fraction of sp³-hybridized carbons (Fsp3) is 0.632. The summed E-state index contributed by atoms with van der Waals surface area (Å²) in [6.07, 6.45) is 2.61. The first-order valence-corrected chi connectivity index (χ1v) is 9.00. The van der Waals surface area contributed by atoms with E-state index in [0.717, 1.165) is 13.2 Å². The molecule has 3 atom stereocenters. The van der Waals surface area contributed by atoms with Crippen molar-refractivity contribution in [2.75, 3.05) is 26.2 Å². The number of ether oxygens (including phenoxy) is 1. The number of amides is 2. The molecule has 0 aliphatic carbocycles. The molecule has 5 nitrogen and oxygen atoms in total. The van der Waals surface area contributed by atoms with E-state index in [-0.39, 0.29) is 18.2 Å². The molecule has 0 bridgehead atoms. The first-order valence-electron chi connectivity index (χ1n) is 9.00. The average molecular weight is 331 g/mol. The Morgan fingerprint density at radius 2 is 2.25 bits per heavy atom. The number of carbonyl (C=O) groups excluding carboxylic acids is 1. The van der Waals surface area contributed by atoms with Crippen LogP contribution in [0.4, 0.5) is 4.79 Å². The molecule has 132 valence electrons. The van der Waals surface area contributed by atoms with Gasteiger partial charge in [0.1, 0.15) is 0 Å². The Morgan fingerprint density at radius 3 is 3.08 bits per heavy atom. The number of benzene rings is 1. The molecule has 5 heteroatoms. The monoisotopic (exact) mass is 331 g/mol. The topological polar surface area (TPSA) is 53.6 Å². The molecule has 0 radical (unpaired) electrons. The molecule has 2 amide bonds. The van der Waals surface area contributed by atoms with Crippen LogP contribution in [0, 0.1) is 13.8 Å². The Bertz CT molecular complexity index is 590. The number of morpholine rings is 1. The third kappa shape index (κ3) is 3.90. The van der Waals surface area contributed by atoms with Crippen LogP contribution in [0.1, 0.15) is 42.5 Å². The number of fused-ring (bicyclic) bond motifs is 1. The molecule has 2 aliphatic rings. The smallest absolute Gasteiger partial charge is 0.315 e. The molecule has 2 saturated heterocycles. The number of nitrogens with zero attached hydrogens (tertiary/aromatic N) is 1. The van der Waals surface area contributed by atoms with Crippen LogP contribution >= 0.6 is 0 Å². The van der Waals surface area contributed by atoms with Crippen molar-refractivity contribution in [3.05, 3.63) is 34.9 Å². The van der Waals surface area contributed by atoms with Crippen LogP contribution in [0.5, 0.6) is 0 Å². The Hall–Kier alpha value is -1.59. The van der Waals surface area contributed by atoms with Crippen molar-refractivity contribution in [3.63, 3.8) is 0 Å². The fourth-order valence-electron chi connectivity index (χ4n) is 3.78. The van der Waals surface area contributed by atoms with Crippen molar-refractivity contribution in [2.24, 2.45) is 0 Å². The van der Waals surface area contributed by atoms with Crippen LogP contribution in [-0.4, -0.2) is 49.3 Å². The van der Waals surface area contributed by atoms with Gasteiger partial charge in [-0.1, -0.05) is 18.2 Å². The minimum Gasteiger partial charge on any atom is -0.373 e. The van der Waals surface area contributed by atoms with E-state index in [1.165, 1.54) is 36.1 Å². The van der Waals surface area contributed by atoms with E-state index < -0.39 is 0 Å². The van der Waals surface area contributed by atoms with E-state index in [0.29, 0.717) is 12.6 Å². The molecule has 2 heterocycles. The molecule has 24 heavy (non-hydrogen) atoms. The zero-order valence-corrected chi connectivity index (χ0v) is 15.0. The molecule has 1 aromatic rings. The third-order valence-corrected chi connectivity index (χ3v) is 5.41. The van der Waals surface area contributed by atoms with Gasteiger partial charge in [0.05, 0.1) is 18.8 Å². The predicted octanol–water partition coefficient (Wildman–Crippen LogP) is 2.53. The Kier molecular flexibility index (Phi) is 5.41. The molecule has 0 unspecified atom stereocenters. The van der Waals surface area contributed by atoms with Gasteiger partial charge in [0, 0.05) is 19.1 Å². The summed E-state index contributed by atoms with van der Waals surface area (Å²) in [5, 5.41) is 6.00. The highest BCUT2D eigenvalue weighted by molar-refractivity contribution is 5.74. The highest BCUT2D eigenvalue weighted by atomic mass is 16.5. The van der Waals surface area contributed by atoms with Gasteiger partial charge >= 0.3 is 6.03 Å². The standard InChI is InChI=1S/C19H29N3O2/c1-13-6-4-8-18(14(13)2)15(3)21-19(23)20-10-17-11-22-9-5-7-16(22)12-24-17/h4,6,8,15-17H,5,7,9-12H2,1-3H3,(H2,20,21,23)/t15-,16+,17+/m0/s1. The highest BCUT2D eigenvalue weighted by Gasteiger charge is 2.32. The lowest BCUT2D eigenvalue weighted by Gasteiger charge is -2.35. The summed E-state index contributed by atoms with van der Waals surface area (Å²) in [7, 11) is 0. The maximum absolute atomic E-state index is 12.2. The highest BCUT2D eigenvalue weighted by Crippen LogP contribution is 2.22. The van der Waals surface area contributed by atoms with E-state index in [1.807, 2.05) is 13.0 Å². The van der Waals surface area contributed by atoms with E-state index in [1.54, 1.807) is 0 Å². The number of carbonyl (C=O) groups is 1. The number of urea groups is 1. The van der Waals surface area contributed by atoms with E-state index >= 15 is 0 Å². The molecular formula is C19H29N3O2. The van der Waals surface area contributed by atoms with Gasteiger partial charge in [-0.2, -0.15) is 0 Å². The van der Waals surface area contributed by atoms with Crippen LogP contribution in [-0.2, 0) is 4.74 Å². The van der Waals surface area contributed by atoms with Gasteiger partial charge < -0.3 is 15.4 Å². The predicted molar refractivity (Wildman–Crippen MR) is 95.2 cm³/mol. The molecule has 0 aromatic heterocycles. The summed E-state index contributed by atoms with van der Waals surface area (Å²) in [6.45, 7) is 9.67. The average Bonchev–Trinajstić information content (AvgIpc) is 3.03. The number of hydrogen-bond donors (Lipinski definition) is 2. The third-order valence-electron chi connectivity index (χ3n) is 5.41. The lowest BCUT2D eigenvalue weighted by atomic mass is 9.98. The molecule has 0 saturated carbocycles. The van der Waals surface area contributed by atoms with Gasteiger partial charge in [-0.05, 0) is 56.8 Å². The normalized spacial score (nSPS) is 25.1. The number of nitrogens with one attached hydrogen (secondary N) is 2. The van der Waals surface area contributed by atoms with Gasteiger partial charge in [0.2, 0.25) is 0 Å². The van der Waals surface area contributed by atoms with Gasteiger partial charge in [0.15, 0.2) is 0 Å². The van der Waals surface area contributed by atoms with Crippen LogP contribution in [0.2, 0.25) is 0 Å². The zero-order valence-electron chi connectivity index (χ0n) is 15.0. The number of hydrogen-bond acceptors (Lipinski definition) is 3. The zero-order chi connectivity index (χ0) is 17.1. The molecule has 1 aromatic carbocycles. The van der Waals surface area contributed by atoms with Crippen LogP contribution in [0.3, 0.4) is 0 Å². The van der Waals surface area contributed by atoms with Crippen LogP contribution < -0.4 is 10.6 Å². The van der Waals surface area contributed by atoms with Crippen LogP contribution in [0.15, 0.2) is 18.2 Å². The van der Waals surface area contributed by atoms with Crippen molar-refractivity contribution in [1.82, 2.24) is 15.5 Å². The van der Waals surface area contributed by atoms with Crippen molar-refractivity contribution in [2.45, 2.75) is 51.8 Å². The SMILES string of the molecule is Cc1cccc([C@H](C)NC(=O)NC[C@@H]2CN3CCC[C@@H]3CO2)c1C. The van der Waals surface area contributed by atoms with Crippen molar-refractivity contribution >= 4 is 6.03 Å². The van der Waals surface area contributed by atoms with Crippen molar-refractivity contribution < 1.29 is 9.53 Å². The maximum atomic E-state index is 12.2. The van der Waals surface area contributed by atoms with E-state index in [9.17, 15) is 4.79 Å². The Morgan fingerprint density at radius 1 is 1.42 bits per heavy atom. The molecule has 3 rings (SSSR count). The summed E-state index contributed by atoms with van der Waals surface area (Å²) >= 11 is 0. The van der Waals surface area contributed by atoms with Gasteiger partial charge in [0.25, 0.3) is 0 Å². The second-order valence-corrected chi connectivity index (χ2v) is 7.11. The first-order chi connectivity index (χ1) is 11.5. The fourth-order valence-corrected chi connectivity index (χ4v) is 3.78. The lowest BCUT2D eigenvalue weighted by molar-refractivity contribution is -0.0458. The van der Waals surface area contributed by atoms with Crippen LogP contribution in [0.25, 0.3) is 0 Å². The van der Waals surface area contributed by atoms with Gasteiger partial charge in [-0.3, -0.25) is 4.90 Å². The minimum absolute atomic E-state index is 0.0138. The largest absolute Gasteiger partial charge is 0.373 e. The van der Waals surface area contributed by atoms with Gasteiger partial charge in [-0.15, -0.1) is 0 Å². The lowest BCUT2D eigenvalue weighted by Crippen LogP contribution is -2.51. The summed E-state index contributed by atoms with van der Waals surface area (Å²) < 4.78 is 5.88. The quantitative estimate of drug-likeness (QED) is 0.891. The Balaban J connectivity index is 1.46. The summed E-state index contributed by atoms with van der Waals surface area (Å²) in [5.41, 5.74) is 3.65. The van der Waals surface area contributed by atoms with Gasteiger partial charge in [-0.25, -0.2) is 4.79 Å². The van der Waals surface area contributed by atoms with Crippen molar-refractivity contribution in [1.29, 1.82) is 0 Å². The summed E-state index contributed by atoms with van der Waals surface area (Å²) in [5.74, 6) is 0. The second kappa shape index (κ2) is 7.53. The second-order valence-electron chi connectivity index (χ2n) is 7.11. The summed E-state index contributed by atoms with van der Waals surface area (Å²) in [6, 6.07) is 6.66. The Labute approximate surface area is 144 Å². The molecule has 2 N–H and O–H groups in total. The number of rotatable bonds is 4. The van der Waals surface area contributed by atoms with E-state index in [2.05, 4.69) is 41.5 Å². The molecular weight excluding hydrogens is 302 g/mol. The number of aryl methyl sites for hydroxylation is 1. The molecule has 0 spiro atoms. The maximum Gasteiger partial charge on any atom is 0.315 e. The first kappa shape index (κ1) is 17.2. The van der Waals surface area contributed by atoms with Crippen molar-refractivity contribution in [3.8, 4) is 0 Å².